The molecule has 1 aliphatic carbocycles. The predicted molar refractivity (Wildman–Crippen MR) is 111 cm³/mol. The fraction of sp³-hybridized carbons (Fsp3) is 0.652. The van der Waals surface area contributed by atoms with Gasteiger partial charge < -0.3 is 14.6 Å². The summed E-state index contributed by atoms with van der Waals surface area (Å²) in [6.45, 7) is 3.25. The molecule has 5 nitrogen and oxygen atoms in total. The molecule has 0 amide bonds. The molecule has 2 heterocycles. The molecule has 0 bridgehead atoms. The molecule has 0 radical (unpaired) electrons. The molecule has 2 aliphatic rings. The highest BCUT2D eigenvalue weighted by Gasteiger charge is 2.33. The van der Waals surface area contributed by atoms with Crippen LogP contribution in [0.5, 0.6) is 0 Å². The maximum absolute atomic E-state index is 11.4. The number of carbonyl (C=O) groups is 1. The third-order valence-electron chi connectivity index (χ3n) is 6.98. The third-order valence-corrected chi connectivity index (χ3v) is 6.98. The fourth-order valence-electron chi connectivity index (χ4n) is 5.39. The molecule has 152 valence electrons. The first-order chi connectivity index (χ1) is 13.6. The second-order valence-electron chi connectivity index (χ2n) is 8.95. The number of fused-ring (bicyclic) bond motifs is 1. The Balaban J connectivity index is 1.49. The molecular formula is C23H33N3O2. The number of hydrogen-bond acceptors (Lipinski definition) is 3. The average Bonchev–Trinajstić information content (AvgIpc) is 3.00. The summed E-state index contributed by atoms with van der Waals surface area (Å²) in [4.78, 5) is 18.9. The molecular weight excluding hydrogens is 350 g/mol. The van der Waals surface area contributed by atoms with Gasteiger partial charge >= 0.3 is 5.97 Å². The molecule has 1 aliphatic heterocycles. The Morgan fingerprint density at radius 1 is 1.14 bits per heavy atom. The van der Waals surface area contributed by atoms with Gasteiger partial charge in [0.1, 0.15) is 5.82 Å². The van der Waals surface area contributed by atoms with Crippen LogP contribution in [0.4, 0.5) is 0 Å². The van der Waals surface area contributed by atoms with Crippen LogP contribution >= 0.6 is 0 Å². The average molecular weight is 384 g/mol. The van der Waals surface area contributed by atoms with E-state index >= 15 is 0 Å². The Labute approximate surface area is 167 Å². The van der Waals surface area contributed by atoms with Crippen LogP contribution in [-0.2, 0) is 18.3 Å². The topological polar surface area (TPSA) is 58.4 Å². The SMILES string of the molecule is Cn1c(CC2CN(CC3CCCCC3)CCC2CC(=O)O)nc2ccccc21. The van der Waals surface area contributed by atoms with Crippen LogP contribution in [0, 0.1) is 17.8 Å². The normalized spacial score (nSPS) is 24.6. The lowest BCUT2D eigenvalue weighted by Gasteiger charge is -2.40. The molecule has 0 spiro atoms. The van der Waals surface area contributed by atoms with E-state index in [9.17, 15) is 9.90 Å². The summed E-state index contributed by atoms with van der Waals surface area (Å²) in [6, 6.07) is 8.24. The van der Waals surface area contributed by atoms with E-state index in [0.29, 0.717) is 5.92 Å². The zero-order valence-electron chi connectivity index (χ0n) is 17.0. The van der Waals surface area contributed by atoms with E-state index < -0.39 is 5.97 Å². The Hall–Kier alpha value is -1.88. The Morgan fingerprint density at radius 3 is 2.68 bits per heavy atom. The van der Waals surface area contributed by atoms with Crippen LogP contribution in [0.15, 0.2) is 24.3 Å². The molecule has 1 aromatic carbocycles. The maximum Gasteiger partial charge on any atom is 0.303 e. The molecule has 28 heavy (non-hydrogen) atoms. The van der Waals surface area contributed by atoms with Crippen LogP contribution in [-0.4, -0.2) is 45.2 Å². The minimum Gasteiger partial charge on any atom is -0.481 e. The van der Waals surface area contributed by atoms with E-state index in [-0.39, 0.29) is 12.3 Å². The number of aryl methyl sites for hydroxylation is 1. The molecule has 2 atom stereocenters. The van der Waals surface area contributed by atoms with Gasteiger partial charge in [-0.05, 0) is 55.7 Å². The highest BCUT2D eigenvalue weighted by molar-refractivity contribution is 5.75. The Bertz CT molecular complexity index is 809. The lowest BCUT2D eigenvalue weighted by atomic mass is 9.80. The quantitative estimate of drug-likeness (QED) is 0.816. The largest absolute Gasteiger partial charge is 0.481 e. The minimum absolute atomic E-state index is 0.250. The molecule has 2 unspecified atom stereocenters. The van der Waals surface area contributed by atoms with Crippen LogP contribution < -0.4 is 0 Å². The van der Waals surface area contributed by atoms with Crippen molar-refractivity contribution in [3.05, 3.63) is 30.1 Å². The number of nitrogens with zero attached hydrogens (tertiary/aromatic N) is 3. The van der Waals surface area contributed by atoms with Crippen LogP contribution in [0.3, 0.4) is 0 Å². The molecule has 2 aromatic rings. The van der Waals surface area contributed by atoms with Crippen molar-refractivity contribution in [3.8, 4) is 0 Å². The standard InChI is InChI=1S/C23H33N3O2/c1-25-21-10-6-5-9-20(21)24-22(25)13-19-16-26(12-11-18(19)14-23(27)28)15-17-7-3-2-4-8-17/h5-6,9-10,17-19H,2-4,7-8,11-16H2,1H3,(H,27,28). The number of hydrogen-bond donors (Lipinski definition) is 1. The van der Waals surface area contributed by atoms with Crippen LogP contribution in [0.1, 0.15) is 50.8 Å². The minimum atomic E-state index is -0.666. The van der Waals surface area contributed by atoms with Gasteiger partial charge in [-0.15, -0.1) is 0 Å². The van der Waals surface area contributed by atoms with Gasteiger partial charge in [0.05, 0.1) is 11.0 Å². The summed E-state index contributed by atoms with van der Waals surface area (Å²) < 4.78 is 2.19. The summed E-state index contributed by atoms with van der Waals surface area (Å²) in [6.07, 6.45) is 9.03. The zero-order chi connectivity index (χ0) is 19.5. The van der Waals surface area contributed by atoms with E-state index in [2.05, 4.69) is 28.6 Å². The summed E-state index contributed by atoms with van der Waals surface area (Å²) in [5.41, 5.74) is 2.19. The van der Waals surface area contributed by atoms with Crippen molar-refractivity contribution in [2.24, 2.45) is 24.8 Å². The van der Waals surface area contributed by atoms with Crippen molar-refractivity contribution in [3.63, 3.8) is 0 Å². The van der Waals surface area contributed by atoms with Gasteiger partial charge in [0, 0.05) is 33.0 Å². The van der Waals surface area contributed by atoms with Gasteiger partial charge in [0.25, 0.3) is 0 Å². The summed E-state index contributed by atoms with van der Waals surface area (Å²) in [5.74, 6) is 1.87. The highest BCUT2D eigenvalue weighted by Crippen LogP contribution is 2.32. The first-order valence-electron chi connectivity index (χ1n) is 10.9. The van der Waals surface area contributed by atoms with Gasteiger partial charge in [-0.2, -0.15) is 0 Å². The fourth-order valence-corrected chi connectivity index (χ4v) is 5.39. The van der Waals surface area contributed by atoms with E-state index in [1.807, 2.05) is 12.1 Å². The van der Waals surface area contributed by atoms with Crippen molar-refractivity contribution < 1.29 is 9.90 Å². The van der Waals surface area contributed by atoms with E-state index in [1.54, 1.807) is 0 Å². The van der Waals surface area contributed by atoms with Gasteiger partial charge in [0.2, 0.25) is 0 Å². The first kappa shape index (κ1) is 19.4. The number of piperidine rings is 1. The number of rotatable bonds is 6. The number of aliphatic carboxylic acids is 1. The molecule has 1 saturated carbocycles. The zero-order valence-corrected chi connectivity index (χ0v) is 17.0. The predicted octanol–water partition coefficient (Wildman–Crippen LogP) is 4.11. The van der Waals surface area contributed by atoms with Crippen LogP contribution in [0.2, 0.25) is 0 Å². The van der Waals surface area contributed by atoms with Gasteiger partial charge in [-0.3, -0.25) is 4.79 Å². The number of imidazole rings is 1. The number of benzene rings is 1. The summed E-state index contributed by atoms with van der Waals surface area (Å²) in [5, 5.41) is 9.41. The maximum atomic E-state index is 11.4. The van der Waals surface area contributed by atoms with Gasteiger partial charge in [-0.1, -0.05) is 31.4 Å². The van der Waals surface area contributed by atoms with Crippen LogP contribution in [0.25, 0.3) is 11.0 Å². The second-order valence-corrected chi connectivity index (χ2v) is 8.95. The van der Waals surface area contributed by atoms with Gasteiger partial charge in [0.15, 0.2) is 0 Å². The van der Waals surface area contributed by atoms with Gasteiger partial charge in [-0.25, -0.2) is 4.98 Å². The number of carboxylic acids is 1. The van der Waals surface area contributed by atoms with E-state index in [4.69, 9.17) is 4.98 Å². The third kappa shape index (κ3) is 4.40. The molecule has 4 rings (SSSR count). The molecule has 1 saturated heterocycles. The number of aromatic nitrogens is 2. The summed E-state index contributed by atoms with van der Waals surface area (Å²) >= 11 is 0. The highest BCUT2D eigenvalue weighted by atomic mass is 16.4. The van der Waals surface area contributed by atoms with Crippen molar-refractivity contribution in [1.29, 1.82) is 0 Å². The molecule has 5 heteroatoms. The lowest BCUT2D eigenvalue weighted by Crippen LogP contribution is -2.44. The molecule has 1 N–H and O–H groups in total. The number of para-hydroxylation sites is 2. The van der Waals surface area contributed by atoms with Crippen molar-refractivity contribution >= 4 is 17.0 Å². The second kappa shape index (κ2) is 8.64. The monoisotopic (exact) mass is 383 g/mol. The number of likely N-dealkylation sites (tertiary alicyclic amines) is 1. The van der Waals surface area contributed by atoms with E-state index in [0.717, 1.165) is 48.7 Å². The van der Waals surface area contributed by atoms with E-state index in [1.165, 1.54) is 38.6 Å². The smallest absolute Gasteiger partial charge is 0.303 e. The van der Waals surface area contributed by atoms with Crippen molar-refractivity contribution in [2.75, 3.05) is 19.6 Å². The van der Waals surface area contributed by atoms with Crippen molar-refractivity contribution in [2.45, 2.75) is 51.4 Å². The Kier molecular flexibility index (Phi) is 6.00. The first-order valence-corrected chi connectivity index (χ1v) is 10.9. The molecule has 1 aromatic heterocycles. The lowest BCUT2D eigenvalue weighted by molar-refractivity contribution is -0.139. The summed E-state index contributed by atoms with van der Waals surface area (Å²) in [7, 11) is 2.08. The number of carboxylic acid groups (broad SMARTS) is 1. The van der Waals surface area contributed by atoms with Crippen molar-refractivity contribution in [1.82, 2.24) is 14.5 Å². The Morgan fingerprint density at radius 2 is 1.93 bits per heavy atom. The molecule has 2 fully saturated rings.